The molecule has 9 nitrogen and oxygen atoms in total. The second-order valence-electron chi connectivity index (χ2n) is 6.78. The van der Waals surface area contributed by atoms with Gasteiger partial charge in [-0.15, -0.1) is 11.3 Å². The molecule has 0 saturated heterocycles. The van der Waals surface area contributed by atoms with Crippen LogP contribution in [0.2, 0.25) is 0 Å². The lowest BCUT2D eigenvalue weighted by Gasteiger charge is -2.11. The predicted molar refractivity (Wildman–Crippen MR) is 115 cm³/mol. The number of sulfonamides is 1. The van der Waals surface area contributed by atoms with Gasteiger partial charge in [0.2, 0.25) is 15.9 Å². The second-order valence-corrected chi connectivity index (χ2v) is 9.80. The SMILES string of the molecule is COC(=O)c1cc(NC(=O)CCCNS(=O)(=O)c2ccc3c(c2)OCCCO3)c(C)s1. The molecule has 1 aromatic carbocycles. The zero-order valence-corrected chi connectivity index (χ0v) is 18.9. The zero-order valence-electron chi connectivity index (χ0n) is 17.2. The van der Waals surface area contributed by atoms with Gasteiger partial charge in [-0.05, 0) is 31.5 Å². The van der Waals surface area contributed by atoms with Crippen molar-refractivity contribution < 1.29 is 32.2 Å². The number of amides is 1. The number of methoxy groups -OCH3 is 1. The van der Waals surface area contributed by atoms with Crippen molar-refractivity contribution in [2.75, 3.05) is 32.2 Å². The number of thiophene rings is 1. The molecule has 0 unspecified atom stereocenters. The first-order chi connectivity index (χ1) is 14.8. The molecule has 0 atom stereocenters. The fraction of sp³-hybridized carbons (Fsp3) is 0.400. The molecule has 0 saturated carbocycles. The van der Waals surface area contributed by atoms with Gasteiger partial charge in [0.15, 0.2) is 11.5 Å². The van der Waals surface area contributed by atoms with E-state index in [9.17, 15) is 18.0 Å². The first kappa shape index (κ1) is 23.0. The molecule has 31 heavy (non-hydrogen) atoms. The molecular weight excluding hydrogens is 444 g/mol. The molecule has 0 spiro atoms. The normalized spacial score (nSPS) is 13.4. The number of rotatable bonds is 8. The minimum atomic E-state index is -3.75. The van der Waals surface area contributed by atoms with E-state index in [1.54, 1.807) is 19.1 Å². The van der Waals surface area contributed by atoms with Gasteiger partial charge in [-0.25, -0.2) is 17.9 Å². The highest BCUT2D eigenvalue weighted by Gasteiger charge is 2.19. The number of hydrogen-bond acceptors (Lipinski definition) is 8. The highest BCUT2D eigenvalue weighted by atomic mass is 32.2. The molecule has 0 aliphatic carbocycles. The summed E-state index contributed by atoms with van der Waals surface area (Å²) in [5, 5.41) is 2.74. The Morgan fingerprint density at radius 1 is 1.16 bits per heavy atom. The van der Waals surface area contributed by atoms with E-state index in [0.29, 0.717) is 41.7 Å². The predicted octanol–water partition coefficient (Wildman–Crippen LogP) is 2.70. The number of anilines is 1. The molecule has 3 rings (SSSR count). The van der Waals surface area contributed by atoms with E-state index in [-0.39, 0.29) is 23.8 Å². The number of ether oxygens (including phenoxy) is 3. The second kappa shape index (κ2) is 10.1. The van der Waals surface area contributed by atoms with Gasteiger partial charge in [0.25, 0.3) is 0 Å². The van der Waals surface area contributed by atoms with Crippen LogP contribution in [0.3, 0.4) is 0 Å². The molecule has 2 aromatic rings. The van der Waals surface area contributed by atoms with E-state index >= 15 is 0 Å². The third kappa shape index (κ3) is 5.96. The summed E-state index contributed by atoms with van der Waals surface area (Å²) in [4.78, 5) is 25.0. The van der Waals surface area contributed by atoms with Crippen molar-refractivity contribution in [2.24, 2.45) is 0 Å². The Morgan fingerprint density at radius 3 is 2.65 bits per heavy atom. The average Bonchev–Trinajstić information content (AvgIpc) is 2.96. The van der Waals surface area contributed by atoms with Crippen molar-refractivity contribution in [3.63, 3.8) is 0 Å². The fourth-order valence-electron chi connectivity index (χ4n) is 2.87. The number of hydrogen-bond donors (Lipinski definition) is 2. The van der Waals surface area contributed by atoms with Crippen LogP contribution in [0, 0.1) is 6.92 Å². The van der Waals surface area contributed by atoms with Gasteiger partial charge in [-0.2, -0.15) is 0 Å². The molecule has 1 aliphatic rings. The van der Waals surface area contributed by atoms with Crippen molar-refractivity contribution in [2.45, 2.75) is 31.1 Å². The molecule has 1 aromatic heterocycles. The number of fused-ring (bicyclic) bond motifs is 1. The van der Waals surface area contributed by atoms with E-state index in [1.807, 2.05) is 0 Å². The van der Waals surface area contributed by atoms with Gasteiger partial charge in [-0.1, -0.05) is 0 Å². The molecule has 11 heteroatoms. The first-order valence-corrected chi connectivity index (χ1v) is 12.0. The van der Waals surface area contributed by atoms with Crippen LogP contribution in [-0.4, -0.2) is 47.2 Å². The minimum absolute atomic E-state index is 0.0745. The van der Waals surface area contributed by atoms with Crippen molar-refractivity contribution in [1.82, 2.24) is 4.72 Å². The third-order valence-electron chi connectivity index (χ3n) is 4.48. The molecule has 0 radical (unpaired) electrons. The van der Waals surface area contributed by atoms with Crippen LogP contribution in [0.1, 0.15) is 33.8 Å². The van der Waals surface area contributed by atoms with Crippen LogP contribution < -0.4 is 19.5 Å². The quantitative estimate of drug-likeness (QED) is 0.451. The summed E-state index contributed by atoms with van der Waals surface area (Å²) in [5.74, 6) is 0.189. The van der Waals surface area contributed by atoms with E-state index in [4.69, 9.17) is 9.47 Å². The summed E-state index contributed by atoms with van der Waals surface area (Å²) < 4.78 is 43.3. The van der Waals surface area contributed by atoms with Crippen LogP contribution in [-0.2, 0) is 19.6 Å². The number of benzene rings is 1. The molecule has 0 fully saturated rings. The van der Waals surface area contributed by atoms with Crippen LogP contribution in [0.5, 0.6) is 11.5 Å². The summed E-state index contributed by atoms with van der Waals surface area (Å²) in [6, 6.07) is 6.04. The highest BCUT2D eigenvalue weighted by Crippen LogP contribution is 2.32. The van der Waals surface area contributed by atoms with Crippen LogP contribution in [0.4, 0.5) is 5.69 Å². The molecule has 2 N–H and O–H groups in total. The summed E-state index contributed by atoms with van der Waals surface area (Å²) >= 11 is 1.23. The number of carbonyl (C=O) groups is 2. The fourth-order valence-corrected chi connectivity index (χ4v) is 4.85. The Morgan fingerprint density at radius 2 is 1.90 bits per heavy atom. The van der Waals surface area contributed by atoms with Crippen molar-refractivity contribution >= 4 is 38.9 Å². The Labute approximate surface area is 184 Å². The molecule has 2 heterocycles. The number of aryl methyl sites for hydroxylation is 1. The van der Waals surface area contributed by atoms with Gasteiger partial charge in [0, 0.05) is 30.3 Å². The smallest absolute Gasteiger partial charge is 0.348 e. The van der Waals surface area contributed by atoms with Crippen molar-refractivity contribution in [1.29, 1.82) is 0 Å². The summed E-state index contributed by atoms with van der Waals surface area (Å²) in [6.45, 7) is 2.87. The lowest BCUT2D eigenvalue weighted by molar-refractivity contribution is -0.116. The lowest BCUT2D eigenvalue weighted by Crippen LogP contribution is -2.25. The van der Waals surface area contributed by atoms with Gasteiger partial charge in [0.05, 0.1) is 30.9 Å². The van der Waals surface area contributed by atoms with Gasteiger partial charge >= 0.3 is 5.97 Å². The molecule has 0 bridgehead atoms. The highest BCUT2D eigenvalue weighted by molar-refractivity contribution is 7.89. The van der Waals surface area contributed by atoms with Crippen LogP contribution in [0.15, 0.2) is 29.2 Å². The molecule has 1 amide bonds. The van der Waals surface area contributed by atoms with Gasteiger partial charge in [-0.3, -0.25) is 4.79 Å². The Kier molecular flexibility index (Phi) is 7.52. The largest absolute Gasteiger partial charge is 0.490 e. The van der Waals surface area contributed by atoms with Crippen molar-refractivity contribution in [3.05, 3.63) is 34.0 Å². The van der Waals surface area contributed by atoms with E-state index < -0.39 is 16.0 Å². The molecular formula is C20H24N2O7S2. The van der Waals surface area contributed by atoms with Crippen LogP contribution >= 0.6 is 11.3 Å². The average molecular weight is 469 g/mol. The van der Waals surface area contributed by atoms with E-state index in [2.05, 4.69) is 14.8 Å². The number of nitrogens with one attached hydrogen (secondary N) is 2. The number of carbonyl (C=O) groups excluding carboxylic acids is 2. The van der Waals surface area contributed by atoms with Gasteiger partial charge in [0.1, 0.15) is 4.88 Å². The minimum Gasteiger partial charge on any atom is -0.490 e. The summed E-state index contributed by atoms with van der Waals surface area (Å²) in [7, 11) is -2.45. The lowest BCUT2D eigenvalue weighted by atomic mass is 10.3. The molecule has 1 aliphatic heterocycles. The summed E-state index contributed by atoms with van der Waals surface area (Å²) in [5.41, 5.74) is 0.545. The van der Waals surface area contributed by atoms with E-state index in [1.165, 1.54) is 30.6 Å². The Hall–Kier alpha value is -2.63. The molecule has 168 valence electrons. The maximum absolute atomic E-state index is 12.5. The van der Waals surface area contributed by atoms with E-state index in [0.717, 1.165) is 11.3 Å². The van der Waals surface area contributed by atoms with Gasteiger partial charge < -0.3 is 19.5 Å². The standard InChI is InChI=1S/C20H24N2O7S2/c1-13-15(12-18(30-13)20(24)27-2)22-19(23)5-3-8-21-31(25,26)14-6-7-16-17(11-14)29-10-4-9-28-16/h6-7,11-12,21H,3-5,8-10H2,1-2H3,(H,22,23). The van der Waals surface area contributed by atoms with Crippen LogP contribution in [0.25, 0.3) is 0 Å². The maximum atomic E-state index is 12.5. The van der Waals surface area contributed by atoms with Crippen molar-refractivity contribution in [3.8, 4) is 11.5 Å². The third-order valence-corrected chi connectivity index (χ3v) is 6.97. The maximum Gasteiger partial charge on any atom is 0.348 e. The monoisotopic (exact) mass is 468 g/mol. The first-order valence-electron chi connectivity index (χ1n) is 9.68. The Bertz CT molecular complexity index is 1060. The number of esters is 1. The Balaban J connectivity index is 1.50. The summed E-state index contributed by atoms with van der Waals surface area (Å²) in [6.07, 6.45) is 1.15. The topological polar surface area (TPSA) is 120 Å². The zero-order chi connectivity index (χ0) is 22.4.